The van der Waals surface area contributed by atoms with Crippen molar-refractivity contribution in [3.8, 4) is 0 Å². The lowest BCUT2D eigenvalue weighted by atomic mass is 10.4. The molecule has 0 amide bonds. The summed E-state index contributed by atoms with van der Waals surface area (Å²) in [5, 5.41) is 8.34. The molecule has 86 valence electrons. The van der Waals surface area contributed by atoms with Crippen molar-refractivity contribution in [2.45, 2.75) is 25.5 Å². The number of sulfone groups is 1. The van der Waals surface area contributed by atoms with Crippen LogP contribution in [0.2, 0.25) is 0 Å². The number of likely N-dealkylation sites (N-methyl/N-ethyl adjacent to an activating group) is 1. The maximum atomic E-state index is 11.4. The summed E-state index contributed by atoms with van der Waals surface area (Å²) in [5.41, 5.74) is 0. The van der Waals surface area contributed by atoms with Crippen LogP contribution >= 0.6 is 0 Å². The molecular formula is C9H21NO3S. The molecule has 0 aromatic carbocycles. The number of hydrogen-bond acceptors (Lipinski definition) is 4. The third-order valence-electron chi connectivity index (χ3n) is 2.17. The first-order valence-electron chi connectivity index (χ1n) is 4.91. The summed E-state index contributed by atoms with van der Waals surface area (Å²) in [6.07, 6.45) is 0.636. The Morgan fingerprint density at radius 3 is 2.29 bits per heavy atom. The number of aliphatic hydroxyl groups is 1. The summed E-state index contributed by atoms with van der Waals surface area (Å²) >= 11 is 0. The van der Waals surface area contributed by atoms with Crippen molar-refractivity contribution in [3.05, 3.63) is 0 Å². The second-order valence-corrected chi connectivity index (χ2v) is 6.47. The summed E-state index contributed by atoms with van der Waals surface area (Å²) in [6.45, 7) is 4.83. The smallest absolute Gasteiger partial charge is 0.152 e. The van der Waals surface area contributed by atoms with Crippen LogP contribution < -0.4 is 0 Å². The normalized spacial score (nSPS) is 12.7. The van der Waals surface area contributed by atoms with E-state index in [1.165, 1.54) is 0 Å². The van der Waals surface area contributed by atoms with Gasteiger partial charge in [-0.25, -0.2) is 8.42 Å². The highest BCUT2D eigenvalue weighted by Crippen LogP contribution is 2.02. The minimum absolute atomic E-state index is 0.118. The first-order chi connectivity index (χ1) is 6.40. The van der Waals surface area contributed by atoms with Crippen LogP contribution in [-0.4, -0.2) is 56.2 Å². The lowest BCUT2D eigenvalue weighted by Crippen LogP contribution is -2.26. The molecule has 0 bridgehead atoms. The van der Waals surface area contributed by atoms with Crippen molar-refractivity contribution in [2.24, 2.45) is 0 Å². The molecule has 0 aliphatic rings. The van der Waals surface area contributed by atoms with E-state index in [-0.39, 0.29) is 17.6 Å². The van der Waals surface area contributed by atoms with Crippen molar-refractivity contribution >= 4 is 9.84 Å². The Kier molecular flexibility index (Phi) is 6.31. The maximum Gasteiger partial charge on any atom is 0.152 e. The molecule has 0 saturated heterocycles. The summed E-state index contributed by atoms with van der Waals surface area (Å²) < 4.78 is 22.8. The van der Waals surface area contributed by atoms with Gasteiger partial charge < -0.3 is 10.0 Å². The quantitative estimate of drug-likeness (QED) is 0.666. The van der Waals surface area contributed by atoms with Gasteiger partial charge in [0.25, 0.3) is 0 Å². The van der Waals surface area contributed by atoms with Gasteiger partial charge in [0.15, 0.2) is 9.84 Å². The molecule has 0 aromatic heterocycles. The van der Waals surface area contributed by atoms with Gasteiger partial charge in [0.2, 0.25) is 0 Å². The summed E-state index contributed by atoms with van der Waals surface area (Å²) in [4.78, 5) is 1.93. The number of aliphatic hydroxyl groups excluding tert-OH is 1. The molecule has 5 heteroatoms. The van der Waals surface area contributed by atoms with Crippen LogP contribution in [-0.2, 0) is 9.84 Å². The van der Waals surface area contributed by atoms with Gasteiger partial charge in [-0.2, -0.15) is 0 Å². The van der Waals surface area contributed by atoms with E-state index in [1.54, 1.807) is 13.8 Å². The first kappa shape index (κ1) is 13.9. The lowest BCUT2D eigenvalue weighted by Gasteiger charge is -2.15. The second kappa shape index (κ2) is 6.37. The Morgan fingerprint density at radius 2 is 1.86 bits per heavy atom. The van der Waals surface area contributed by atoms with Gasteiger partial charge in [-0.15, -0.1) is 0 Å². The summed E-state index contributed by atoms with van der Waals surface area (Å²) in [5.74, 6) is 0.237. The molecule has 0 unspecified atom stereocenters. The van der Waals surface area contributed by atoms with Crippen molar-refractivity contribution in [1.29, 1.82) is 0 Å². The standard InChI is InChI=1S/C9H21NO3S/c1-9(2)14(12,13)8-4-5-10(3)6-7-11/h9,11H,4-8H2,1-3H3. The van der Waals surface area contributed by atoms with Crippen LogP contribution in [0.15, 0.2) is 0 Å². The van der Waals surface area contributed by atoms with E-state index in [1.807, 2.05) is 11.9 Å². The number of hydrogen-bond donors (Lipinski definition) is 1. The lowest BCUT2D eigenvalue weighted by molar-refractivity contribution is 0.222. The molecule has 4 nitrogen and oxygen atoms in total. The van der Waals surface area contributed by atoms with Crippen molar-refractivity contribution in [2.75, 3.05) is 32.5 Å². The molecule has 14 heavy (non-hydrogen) atoms. The van der Waals surface area contributed by atoms with Crippen molar-refractivity contribution in [3.63, 3.8) is 0 Å². The average Bonchev–Trinajstić information content (AvgIpc) is 2.04. The van der Waals surface area contributed by atoms with Crippen LogP contribution in [0, 0.1) is 0 Å². The van der Waals surface area contributed by atoms with E-state index in [0.29, 0.717) is 19.5 Å². The van der Waals surface area contributed by atoms with Crippen LogP contribution in [0.25, 0.3) is 0 Å². The third kappa shape index (κ3) is 5.57. The zero-order chi connectivity index (χ0) is 11.2. The molecule has 0 spiro atoms. The highest BCUT2D eigenvalue weighted by Gasteiger charge is 2.15. The summed E-state index contributed by atoms with van der Waals surface area (Å²) in [6, 6.07) is 0. The molecule has 0 aromatic rings. The van der Waals surface area contributed by atoms with Gasteiger partial charge in [0.05, 0.1) is 17.6 Å². The van der Waals surface area contributed by atoms with Gasteiger partial charge in [-0.1, -0.05) is 0 Å². The molecule has 1 N–H and O–H groups in total. The topological polar surface area (TPSA) is 57.6 Å². The molecule has 0 heterocycles. The fourth-order valence-electron chi connectivity index (χ4n) is 1.05. The minimum Gasteiger partial charge on any atom is -0.395 e. The van der Waals surface area contributed by atoms with Crippen LogP contribution in [0.3, 0.4) is 0 Å². The van der Waals surface area contributed by atoms with Gasteiger partial charge in [-0.3, -0.25) is 0 Å². The Labute approximate surface area is 86.8 Å². The molecule has 0 saturated carbocycles. The second-order valence-electron chi connectivity index (χ2n) is 3.80. The SMILES string of the molecule is CC(C)S(=O)(=O)CCCN(C)CCO. The highest BCUT2D eigenvalue weighted by molar-refractivity contribution is 7.91. The van der Waals surface area contributed by atoms with Gasteiger partial charge >= 0.3 is 0 Å². The molecular weight excluding hydrogens is 202 g/mol. The maximum absolute atomic E-state index is 11.4. The van der Waals surface area contributed by atoms with E-state index in [9.17, 15) is 8.42 Å². The van der Waals surface area contributed by atoms with E-state index in [2.05, 4.69) is 0 Å². The Morgan fingerprint density at radius 1 is 1.29 bits per heavy atom. The van der Waals surface area contributed by atoms with Crippen LogP contribution in [0.4, 0.5) is 0 Å². The third-order valence-corrected chi connectivity index (χ3v) is 4.46. The molecule has 0 rings (SSSR count). The van der Waals surface area contributed by atoms with Gasteiger partial charge in [0, 0.05) is 6.54 Å². The van der Waals surface area contributed by atoms with Crippen molar-refractivity contribution in [1.82, 2.24) is 4.90 Å². The predicted molar refractivity (Wildman–Crippen MR) is 58.1 cm³/mol. The van der Waals surface area contributed by atoms with E-state index < -0.39 is 9.84 Å². The predicted octanol–water partition coefficient (Wildman–Crippen LogP) is 0.124. The first-order valence-corrected chi connectivity index (χ1v) is 6.62. The zero-order valence-corrected chi connectivity index (χ0v) is 10.0. The Bertz CT molecular complexity index is 236. The zero-order valence-electron chi connectivity index (χ0n) is 9.23. The molecule has 0 radical (unpaired) electrons. The largest absolute Gasteiger partial charge is 0.395 e. The molecule has 0 atom stereocenters. The number of rotatable bonds is 7. The Hall–Kier alpha value is -0.130. The van der Waals surface area contributed by atoms with Gasteiger partial charge in [-0.05, 0) is 33.9 Å². The average molecular weight is 223 g/mol. The Balaban J connectivity index is 3.74. The fraction of sp³-hybridized carbons (Fsp3) is 1.00. The van der Waals surface area contributed by atoms with Crippen LogP contribution in [0.1, 0.15) is 20.3 Å². The monoisotopic (exact) mass is 223 g/mol. The number of nitrogens with zero attached hydrogens (tertiary/aromatic N) is 1. The van der Waals surface area contributed by atoms with Crippen molar-refractivity contribution < 1.29 is 13.5 Å². The molecule has 0 aliphatic carbocycles. The van der Waals surface area contributed by atoms with E-state index in [4.69, 9.17) is 5.11 Å². The van der Waals surface area contributed by atoms with Crippen LogP contribution in [0.5, 0.6) is 0 Å². The van der Waals surface area contributed by atoms with E-state index >= 15 is 0 Å². The highest BCUT2D eigenvalue weighted by atomic mass is 32.2. The minimum atomic E-state index is -2.90. The summed E-state index contributed by atoms with van der Waals surface area (Å²) in [7, 11) is -1.02. The fourth-order valence-corrected chi connectivity index (χ4v) is 2.06. The molecule has 0 fully saturated rings. The molecule has 0 aliphatic heterocycles. The van der Waals surface area contributed by atoms with E-state index in [0.717, 1.165) is 0 Å². The van der Waals surface area contributed by atoms with Gasteiger partial charge in [0.1, 0.15) is 0 Å².